The highest BCUT2D eigenvalue weighted by Crippen LogP contribution is 2.18. The molecule has 0 saturated heterocycles. The Morgan fingerprint density at radius 1 is 1.41 bits per heavy atom. The van der Waals surface area contributed by atoms with Crippen LogP contribution in [0, 0.1) is 6.92 Å². The minimum atomic E-state index is -0.191. The van der Waals surface area contributed by atoms with Crippen molar-refractivity contribution < 1.29 is 14.1 Å². The molecule has 120 valence electrons. The zero-order chi connectivity index (χ0) is 15.1. The van der Waals surface area contributed by atoms with Gasteiger partial charge < -0.3 is 20.3 Å². The molecule has 0 saturated carbocycles. The van der Waals surface area contributed by atoms with Crippen molar-refractivity contribution in [3.8, 4) is 5.75 Å². The first kappa shape index (κ1) is 17.9. The van der Waals surface area contributed by atoms with Gasteiger partial charge in [0.05, 0.1) is 5.56 Å². The first-order valence-electron chi connectivity index (χ1n) is 6.70. The van der Waals surface area contributed by atoms with Crippen molar-refractivity contribution in [2.24, 2.45) is 5.73 Å². The maximum atomic E-state index is 12.1. The molecule has 2 rings (SSSR count). The topological polar surface area (TPSA) is 103 Å². The summed E-state index contributed by atoms with van der Waals surface area (Å²) in [7, 11) is 0. The van der Waals surface area contributed by atoms with Crippen LogP contribution in [-0.4, -0.2) is 29.1 Å². The number of carbonyl (C=O) groups excluding carboxylic acids is 1. The lowest BCUT2D eigenvalue weighted by Crippen LogP contribution is -2.26. The van der Waals surface area contributed by atoms with E-state index in [9.17, 15) is 4.79 Å². The number of amides is 1. The second kappa shape index (κ2) is 9.01. The summed E-state index contributed by atoms with van der Waals surface area (Å²) in [6, 6.07) is 7.01. The molecule has 0 unspecified atom stereocenters. The fourth-order valence-corrected chi connectivity index (χ4v) is 1.72. The predicted octanol–water partition coefficient (Wildman–Crippen LogP) is 1.46. The lowest BCUT2D eigenvalue weighted by atomic mass is 10.2. The number of para-hydroxylation sites is 1. The lowest BCUT2D eigenvalue weighted by molar-refractivity contribution is 0.0948. The molecule has 7 nitrogen and oxygen atoms in total. The van der Waals surface area contributed by atoms with Crippen LogP contribution in [0.4, 0.5) is 0 Å². The normalized spacial score (nSPS) is 9.91. The first-order chi connectivity index (χ1) is 10.2. The SMILES string of the molecule is Cc1nc(COc2ccccc2C(=O)NCCCN)no1.Cl. The quantitative estimate of drug-likeness (QED) is 0.746. The Bertz CT molecular complexity index is 603. The van der Waals surface area contributed by atoms with Gasteiger partial charge in [0.25, 0.3) is 5.91 Å². The number of hydrogen-bond acceptors (Lipinski definition) is 6. The largest absolute Gasteiger partial charge is 0.485 e. The van der Waals surface area contributed by atoms with Crippen molar-refractivity contribution in [2.75, 3.05) is 13.1 Å². The number of hydrogen-bond donors (Lipinski definition) is 2. The molecule has 0 fully saturated rings. The minimum Gasteiger partial charge on any atom is -0.485 e. The van der Waals surface area contributed by atoms with Crippen molar-refractivity contribution in [1.29, 1.82) is 0 Å². The van der Waals surface area contributed by atoms with E-state index >= 15 is 0 Å². The van der Waals surface area contributed by atoms with Crippen LogP contribution in [0.25, 0.3) is 0 Å². The number of aryl methyl sites for hydroxylation is 1. The molecule has 0 bridgehead atoms. The third-order valence-electron chi connectivity index (χ3n) is 2.72. The maximum Gasteiger partial charge on any atom is 0.255 e. The van der Waals surface area contributed by atoms with Crippen LogP contribution in [0.3, 0.4) is 0 Å². The van der Waals surface area contributed by atoms with Gasteiger partial charge in [0.15, 0.2) is 6.61 Å². The van der Waals surface area contributed by atoms with Crippen LogP contribution >= 0.6 is 12.4 Å². The van der Waals surface area contributed by atoms with E-state index in [4.69, 9.17) is 15.0 Å². The number of halogens is 1. The molecule has 1 aromatic carbocycles. The van der Waals surface area contributed by atoms with Crippen molar-refractivity contribution in [2.45, 2.75) is 20.0 Å². The van der Waals surface area contributed by atoms with E-state index in [1.807, 2.05) is 0 Å². The van der Waals surface area contributed by atoms with Crippen molar-refractivity contribution in [3.63, 3.8) is 0 Å². The summed E-state index contributed by atoms with van der Waals surface area (Å²) >= 11 is 0. The molecule has 0 aliphatic rings. The zero-order valence-electron chi connectivity index (χ0n) is 12.2. The number of nitrogens with one attached hydrogen (secondary N) is 1. The molecule has 0 radical (unpaired) electrons. The van der Waals surface area contributed by atoms with Crippen molar-refractivity contribution in [1.82, 2.24) is 15.5 Å². The predicted molar refractivity (Wildman–Crippen MR) is 83.1 cm³/mol. The van der Waals surface area contributed by atoms with E-state index < -0.39 is 0 Å². The number of carbonyl (C=O) groups is 1. The summed E-state index contributed by atoms with van der Waals surface area (Å²) in [5, 5.41) is 6.53. The molecule has 3 N–H and O–H groups in total. The summed E-state index contributed by atoms with van der Waals surface area (Å²) in [4.78, 5) is 16.1. The third-order valence-corrected chi connectivity index (χ3v) is 2.72. The highest BCUT2D eigenvalue weighted by molar-refractivity contribution is 5.96. The van der Waals surface area contributed by atoms with Gasteiger partial charge in [-0.3, -0.25) is 4.79 Å². The molecule has 0 aliphatic heterocycles. The van der Waals surface area contributed by atoms with E-state index in [0.29, 0.717) is 36.1 Å². The molecule has 1 heterocycles. The Kier molecular flexibility index (Phi) is 7.34. The Labute approximate surface area is 134 Å². The number of benzene rings is 1. The van der Waals surface area contributed by atoms with Crippen LogP contribution in [-0.2, 0) is 6.61 Å². The van der Waals surface area contributed by atoms with Crippen LogP contribution in [0.15, 0.2) is 28.8 Å². The Balaban J connectivity index is 0.00000242. The third kappa shape index (κ3) is 5.01. The van der Waals surface area contributed by atoms with Crippen molar-refractivity contribution in [3.05, 3.63) is 41.5 Å². The van der Waals surface area contributed by atoms with Gasteiger partial charge in [-0.15, -0.1) is 12.4 Å². The van der Waals surface area contributed by atoms with Crippen molar-refractivity contribution >= 4 is 18.3 Å². The molecule has 8 heteroatoms. The molecule has 0 aliphatic carbocycles. The van der Waals surface area contributed by atoms with Crippen LogP contribution in [0.2, 0.25) is 0 Å². The second-order valence-electron chi connectivity index (χ2n) is 4.41. The molecular weight excluding hydrogens is 308 g/mol. The van der Waals surface area contributed by atoms with Gasteiger partial charge in [0, 0.05) is 13.5 Å². The zero-order valence-corrected chi connectivity index (χ0v) is 13.1. The maximum absolute atomic E-state index is 12.1. The van der Waals surface area contributed by atoms with Gasteiger partial charge in [-0.2, -0.15) is 4.98 Å². The van der Waals surface area contributed by atoms with Crippen LogP contribution in [0.1, 0.15) is 28.5 Å². The standard InChI is InChI=1S/C14H18N4O3.ClH/c1-10-17-13(18-21-10)9-20-12-6-3-2-5-11(12)14(19)16-8-4-7-15;/h2-3,5-6H,4,7-9,15H2,1H3,(H,16,19);1H. The Hall–Kier alpha value is -2.12. The summed E-state index contributed by atoms with van der Waals surface area (Å²) in [6.07, 6.45) is 0.733. The summed E-state index contributed by atoms with van der Waals surface area (Å²) < 4.78 is 10.5. The van der Waals surface area contributed by atoms with Gasteiger partial charge in [0.1, 0.15) is 5.75 Å². The van der Waals surface area contributed by atoms with Gasteiger partial charge in [-0.1, -0.05) is 17.3 Å². The van der Waals surface area contributed by atoms with Gasteiger partial charge in [-0.25, -0.2) is 0 Å². The van der Waals surface area contributed by atoms with Gasteiger partial charge in [-0.05, 0) is 25.1 Å². The molecule has 2 aromatic rings. The van der Waals surface area contributed by atoms with Gasteiger partial charge >= 0.3 is 0 Å². The van der Waals surface area contributed by atoms with E-state index in [1.165, 1.54) is 0 Å². The number of aromatic nitrogens is 2. The molecular formula is C14H19ClN4O3. The molecule has 1 aromatic heterocycles. The second-order valence-corrected chi connectivity index (χ2v) is 4.41. The Morgan fingerprint density at radius 3 is 2.86 bits per heavy atom. The summed E-state index contributed by atoms with van der Waals surface area (Å²) in [5.41, 5.74) is 5.87. The summed E-state index contributed by atoms with van der Waals surface area (Å²) in [6.45, 7) is 2.92. The average molecular weight is 327 g/mol. The summed E-state index contributed by atoms with van der Waals surface area (Å²) in [5.74, 6) is 1.20. The van der Waals surface area contributed by atoms with Crippen LogP contribution in [0.5, 0.6) is 5.75 Å². The fourth-order valence-electron chi connectivity index (χ4n) is 1.72. The number of nitrogens with zero attached hydrogens (tertiary/aromatic N) is 2. The first-order valence-corrected chi connectivity index (χ1v) is 6.70. The van der Waals surface area contributed by atoms with E-state index in [2.05, 4.69) is 15.5 Å². The van der Waals surface area contributed by atoms with Crippen LogP contribution < -0.4 is 15.8 Å². The highest BCUT2D eigenvalue weighted by atomic mass is 35.5. The van der Waals surface area contributed by atoms with E-state index in [1.54, 1.807) is 31.2 Å². The molecule has 22 heavy (non-hydrogen) atoms. The minimum absolute atomic E-state index is 0. The van der Waals surface area contributed by atoms with E-state index in [-0.39, 0.29) is 24.9 Å². The Morgan fingerprint density at radius 2 is 2.18 bits per heavy atom. The number of rotatable bonds is 7. The lowest BCUT2D eigenvalue weighted by Gasteiger charge is -2.10. The number of ether oxygens (including phenoxy) is 1. The average Bonchev–Trinajstić information content (AvgIpc) is 2.91. The fraction of sp³-hybridized carbons (Fsp3) is 0.357. The van der Waals surface area contributed by atoms with E-state index in [0.717, 1.165) is 6.42 Å². The molecule has 0 spiro atoms. The van der Waals surface area contributed by atoms with Gasteiger partial charge in [0.2, 0.25) is 11.7 Å². The molecule has 0 atom stereocenters. The molecule has 1 amide bonds. The monoisotopic (exact) mass is 326 g/mol. The smallest absolute Gasteiger partial charge is 0.255 e. The highest BCUT2D eigenvalue weighted by Gasteiger charge is 2.12. The number of nitrogens with two attached hydrogens (primary N) is 1.